The second kappa shape index (κ2) is 5.60. The molecule has 17 heavy (non-hydrogen) atoms. The van der Waals surface area contributed by atoms with Crippen LogP contribution in [0.2, 0.25) is 0 Å². The number of carbonyl (C=O) groups is 1. The first-order valence-electron chi connectivity index (χ1n) is 5.76. The Morgan fingerprint density at radius 2 is 2.41 bits per heavy atom. The van der Waals surface area contributed by atoms with Gasteiger partial charge in [-0.15, -0.1) is 0 Å². The van der Waals surface area contributed by atoms with Gasteiger partial charge in [-0.1, -0.05) is 11.8 Å². The summed E-state index contributed by atoms with van der Waals surface area (Å²) in [6.07, 6.45) is 3.14. The number of nitrogens with zero attached hydrogens (tertiary/aromatic N) is 2. The monoisotopic (exact) mass is 252 g/mol. The van der Waals surface area contributed by atoms with Gasteiger partial charge in [0.1, 0.15) is 5.78 Å². The molecule has 5 heteroatoms. The lowest BCUT2D eigenvalue weighted by molar-refractivity contribution is -0.120. The molecule has 2 unspecified atom stereocenters. The number of aromatic nitrogens is 2. The summed E-state index contributed by atoms with van der Waals surface area (Å²) >= 11 is 1.50. The van der Waals surface area contributed by atoms with Gasteiger partial charge in [0.15, 0.2) is 5.16 Å². The van der Waals surface area contributed by atoms with Gasteiger partial charge < -0.3 is 5.11 Å². The standard InChI is InChI=1S/C12H16N2O2S/c1-8-4-5-13-12(14-8)17-7-10-9(6-15)2-3-11(10)16/h4-5,9-10,15H,2-3,6-7H2,1H3. The highest BCUT2D eigenvalue weighted by Gasteiger charge is 2.34. The molecule has 0 aliphatic heterocycles. The summed E-state index contributed by atoms with van der Waals surface area (Å²) in [5.74, 6) is 1.03. The van der Waals surface area contributed by atoms with Gasteiger partial charge in [-0.25, -0.2) is 9.97 Å². The van der Waals surface area contributed by atoms with Crippen molar-refractivity contribution < 1.29 is 9.90 Å². The van der Waals surface area contributed by atoms with Crippen LogP contribution >= 0.6 is 11.8 Å². The van der Waals surface area contributed by atoms with Gasteiger partial charge in [0, 0.05) is 36.6 Å². The van der Waals surface area contributed by atoms with Gasteiger partial charge in [-0.2, -0.15) is 0 Å². The molecule has 2 atom stereocenters. The summed E-state index contributed by atoms with van der Waals surface area (Å²) in [5, 5.41) is 9.91. The number of rotatable bonds is 4. The number of aryl methyl sites for hydroxylation is 1. The third-order valence-corrected chi connectivity index (χ3v) is 4.12. The van der Waals surface area contributed by atoms with E-state index in [1.54, 1.807) is 6.20 Å². The zero-order valence-corrected chi connectivity index (χ0v) is 10.6. The normalized spacial score (nSPS) is 24.2. The number of aliphatic hydroxyl groups is 1. The van der Waals surface area contributed by atoms with Crippen LogP contribution in [-0.2, 0) is 4.79 Å². The molecular weight excluding hydrogens is 236 g/mol. The van der Waals surface area contributed by atoms with Crippen LogP contribution in [0.25, 0.3) is 0 Å². The Hall–Kier alpha value is -0.940. The molecule has 1 N–H and O–H groups in total. The molecule has 1 aromatic heterocycles. The summed E-state index contributed by atoms with van der Waals surface area (Å²) in [7, 11) is 0. The predicted octanol–water partition coefficient (Wildman–Crippen LogP) is 1.46. The Morgan fingerprint density at radius 1 is 1.59 bits per heavy atom. The van der Waals surface area contributed by atoms with Crippen molar-refractivity contribution in [1.82, 2.24) is 9.97 Å². The Bertz CT molecular complexity index is 411. The molecule has 0 saturated heterocycles. The largest absolute Gasteiger partial charge is 0.396 e. The van der Waals surface area contributed by atoms with Crippen molar-refractivity contribution >= 4 is 17.5 Å². The molecule has 0 aromatic carbocycles. The van der Waals surface area contributed by atoms with Gasteiger partial charge in [-0.05, 0) is 25.3 Å². The van der Waals surface area contributed by atoms with Gasteiger partial charge in [-0.3, -0.25) is 4.79 Å². The molecule has 1 aromatic rings. The van der Waals surface area contributed by atoms with Crippen LogP contribution in [0.3, 0.4) is 0 Å². The number of carbonyl (C=O) groups excluding carboxylic acids is 1. The van der Waals surface area contributed by atoms with Crippen molar-refractivity contribution in [2.45, 2.75) is 24.9 Å². The maximum Gasteiger partial charge on any atom is 0.187 e. The molecule has 92 valence electrons. The summed E-state index contributed by atoms with van der Waals surface area (Å²) < 4.78 is 0. The van der Waals surface area contributed by atoms with E-state index in [1.165, 1.54) is 11.8 Å². The van der Waals surface area contributed by atoms with E-state index in [0.717, 1.165) is 12.1 Å². The second-order valence-electron chi connectivity index (χ2n) is 4.35. The second-order valence-corrected chi connectivity index (χ2v) is 5.33. The van der Waals surface area contributed by atoms with Crippen molar-refractivity contribution in [1.29, 1.82) is 0 Å². The maximum atomic E-state index is 11.7. The number of hydrogen-bond donors (Lipinski definition) is 1. The highest BCUT2D eigenvalue weighted by molar-refractivity contribution is 7.99. The minimum absolute atomic E-state index is 0.0332. The Morgan fingerprint density at radius 3 is 3.12 bits per heavy atom. The molecule has 0 spiro atoms. The first-order valence-corrected chi connectivity index (χ1v) is 6.75. The average molecular weight is 252 g/mol. The quantitative estimate of drug-likeness (QED) is 0.649. The highest BCUT2D eigenvalue weighted by Crippen LogP contribution is 2.32. The fraction of sp³-hybridized carbons (Fsp3) is 0.583. The molecule has 4 nitrogen and oxygen atoms in total. The molecule has 0 amide bonds. The topological polar surface area (TPSA) is 63.1 Å². The fourth-order valence-electron chi connectivity index (χ4n) is 2.08. The highest BCUT2D eigenvalue weighted by atomic mass is 32.2. The zero-order valence-electron chi connectivity index (χ0n) is 9.80. The number of Topliss-reactive ketones (excluding diaryl/α,β-unsaturated/α-hetero) is 1. The van der Waals surface area contributed by atoms with E-state index in [4.69, 9.17) is 0 Å². The van der Waals surface area contributed by atoms with Gasteiger partial charge in [0.25, 0.3) is 0 Å². The molecule has 1 fully saturated rings. The Kier molecular flexibility index (Phi) is 4.12. The van der Waals surface area contributed by atoms with Crippen LogP contribution in [0.1, 0.15) is 18.5 Å². The fourth-order valence-corrected chi connectivity index (χ4v) is 3.22. The summed E-state index contributed by atoms with van der Waals surface area (Å²) in [4.78, 5) is 20.1. The molecule has 1 aliphatic carbocycles. The van der Waals surface area contributed by atoms with E-state index in [2.05, 4.69) is 9.97 Å². The van der Waals surface area contributed by atoms with E-state index >= 15 is 0 Å². The van der Waals surface area contributed by atoms with Crippen LogP contribution in [-0.4, -0.2) is 33.2 Å². The Balaban J connectivity index is 1.95. The third kappa shape index (κ3) is 3.04. The van der Waals surface area contributed by atoms with Gasteiger partial charge in [0.05, 0.1) is 0 Å². The van der Waals surface area contributed by atoms with Gasteiger partial charge >= 0.3 is 0 Å². The zero-order chi connectivity index (χ0) is 12.3. The first kappa shape index (κ1) is 12.5. The number of hydrogen-bond acceptors (Lipinski definition) is 5. The summed E-state index contributed by atoms with van der Waals surface area (Å²) in [5.41, 5.74) is 0.930. The lowest BCUT2D eigenvalue weighted by atomic mass is 9.99. The molecular formula is C12H16N2O2S. The van der Waals surface area contributed by atoms with Crippen molar-refractivity contribution in [3.8, 4) is 0 Å². The molecule has 1 heterocycles. The minimum atomic E-state index is -0.0332. The Labute approximate surface area is 105 Å². The van der Waals surface area contributed by atoms with Crippen LogP contribution in [0, 0.1) is 18.8 Å². The van der Waals surface area contributed by atoms with E-state index in [0.29, 0.717) is 17.3 Å². The van der Waals surface area contributed by atoms with Crippen molar-refractivity contribution in [3.63, 3.8) is 0 Å². The van der Waals surface area contributed by atoms with Gasteiger partial charge in [0.2, 0.25) is 0 Å². The molecule has 0 bridgehead atoms. The van der Waals surface area contributed by atoms with Crippen LogP contribution in [0.15, 0.2) is 17.4 Å². The van der Waals surface area contributed by atoms with E-state index in [-0.39, 0.29) is 24.2 Å². The van der Waals surface area contributed by atoms with Crippen molar-refractivity contribution in [2.75, 3.05) is 12.4 Å². The van der Waals surface area contributed by atoms with Crippen molar-refractivity contribution in [3.05, 3.63) is 18.0 Å². The lowest BCUT2D eigenvalue weighted by Gasteiger charge is -2.14. The smallest absolute Gasteiger partial charge is 0.187 e. The summed E-state index contributed by atoms with van der Waals surface area (Å²) in [6, 6.07) is 1.85. The number of aliphatic hydroxyl groups excluding tert-OH is 1. The minimum Gasteiger partial charge on any atom is -0.396 e. The SMILES string of the molecule is Cc1ccnc(SCC2C(=O)CCC2CO)n1. The number of thioether (sulfide) groups is 1. The van der Waals surface area contributed by atoms with Crippen molar-refractivity contribution in [2.24, 2.45) is 11.8 Å². The van der Waals surface area contributed by atoms with Crippen LogP contribution < -0.4 is 0 Å². The van der Waals surface area contributed by atoms with Crippen LogP contribution in [0.4, 0.5) is 0 Å². The lowest BCUT2D eigenvalue weighted by Crippen LogP contribution is -2.20. The number of ketones is 1. The molecule has 2 rings (SSSR count). The summed E-state index contributed by atoms with van der Waals surface area (Å²) in [6.45, 7) is 2.02. The molecule has 0 radical (unpaired) electrons. The third-order valence-electron chi connectivity index (χ3n) is 3.14. The maximum absolute atomic E-state index is 11.7. The predicted molar refractivity (Wildman–Crippen MR) is 65.8 cm³/mol. The molecule has 1 saturated carbocycles. The molecule has 1 aliphatic rings. The van der Waals surface area contributed by atoms with E-state index in [1.807, 2.05) is 13.0 Å². The van der Waals surface area contributed by atoms with Crippen LogP contribution in [0.5, 0.6) is 0 Å². The average Bonchev–Trinajstić information content (AvgIpc) is 2.67. The van der Waals surface area contributed by atoms with E-state index < -0.39 is 0 Å². The first-order chi connectivity index (χ1) is 8.20. The van der Waals surface area contributed by atoms with E-state index in [9.17, 15) is 9.90 Å².